The average molecular weight is 361 g/mol. The van der Waals surface area contributed by atoms with Gasteiger partial charge in [-0.05, 0) is 56.2 Å². The van der Waals surface area contributed by atoms with Crippen LogP contribution in [0.15, 0.2) is 24.3 Å². The lowest BCUT2D eigenvalue weighted by molar-refractivity contribution is -0.137. The molecular formula is C21H31NO4. The fraction of sp³-hybridized carbons (Fsp3) is 0.619. The maximum Gasteiger partial charge on any atom is 0.303 e. The van der Waals surface area contributed by atoms with Crippen LogP contribution in [0.4, 0.5) is 0 Å². The summed E-state index contributed by atoms with van der Waals surface area (Å²) in [6, 6.07) is 7.78. The van der Waals surface area contributed by atoms with Crippen LogP contribution in [0.2, 0.25) is 0 Å². The number of benzene rings is 1. The van der Waals surface area contributed by atoms with E-state index >= 15 is 0 Å². The van der Waals surface area contributed by atoms with Crippen LogP contribution in [-0.2, 0) is 16.0 Å². The molecule has 1 saturated heterocycles. The van der Waals surface area contributed by atoms with Crippen LogP contribution >= 0.6 is 0 Å². The summed E-state index contributed by atoms with van der Waals surface area (Å²) in [6.45, 7) is 0.809. The summed E-state index contributed by atoms with van der Waals surface area (Å²) in [5.74, 6) is -0.141. The molecule has 2 rings (SSSR count). The van der Waals surface area contributed by atoms with E-state index in [0.29, 0.717) is 18.2 Å². The van der Waals surface area contributed by atoms with Gasteiger partial charge >= 0.3 is 5.97 Å². The van der Waals surface area contributed by atoms with Gasteiger partial charge in [0.2, 0.25) is 5.91 Å². The second-order valence-electron chi connectivity index (χ2n) is 7.25. The minimum atomic E-state index is -0.731. The number of aliphatic carboxylic acids is 1. The molecule has 0 aromatic heterocycles. The number of phenolic OH excluding ortho intramolecular Hbond substituents is 1. The molecule has 1 fully saturated rings. The van der Waals surface area contributed by atoms with Crippen LogP contribution in [0.25, 0.3) is 0 Å². The Hall–Kier alpha value is -2.04. The Morgan fingerprint density at radius 3 is 2.69 bits per heavy atom. The zero-order valence-electron chi connectivity index (χ0n) is 15.5. The summed E-state index contributed by atoms with van der Waals surface area (Å²) in [6.07, 6.45) is 9.61. The van der Waals surface area contributed by atoms with Gasteiger partial charge in [-0.15, -0.1) is 0 Å². The number of nitrogens with zero attached hydrogens (tertiary/aromatic N) is 1. The number of hydrogen-bond acceptors (Lipinski definition) is 3. The van der Waals surface area contributed by atoms with Crippen LogP contribution in [-0.4, -0.2) is 39.6 Å². The Balaban J connectivity index is 1.62. The second-order valence-corrected chi connectivity index (χ2v) is 7.25. The number of phenols is 1. The van der Waals surface area contributed by atoms with Crippen molar-refractivity contribution in [3.05, 3.63) is 29.8 Å². The van der Waals surface area contributed by atoms with Crippen molar-refractivity contribution in [3.63, 3.8) is 0 Å². The summed E-state index contributed by atoms with van der Waals surface area (Å²) in [5, 5.41) is 18.1. The first-order chi connectivity index (χ1) is 12.6. The number of aryl methyl sites for hydroxylation is 1. The molecule has 1 aliphatic rings. The molecule has 0 bridgehead atoms. The van der Waals surface area contributed by atoms with Gasteiger partial charge in [0.15, 0.2) is 0 Å². The summed E-state index contributed by atoms with van der Waals surface area (Å²) in [4.78, 5) is 24.6. The number of unbranched alkanes of at least 4 members (excludes halogenated alkanes) is 4. The van der Waals surface area contributed by atoms with Gasteiger partial charge in [0, 0.05) is 25.4 Å². The number of aromatic hydroxyl groups is 1. The van der Waals surface area contributed by atoms with Crippen LogP contribution in [0.5, 0.6) is 5.75 Å². The third-order valence-corrected chi connectivity index (χ3v) is 5.16. The number of rotatable bonds is 12. The van der Waals surface area contributed by atoms with E-state index in [0.717, 1.165) is 69.9 Å². The topological polar surface area (TPSA) is 77.8 Å². The molecule has 1 amide bonds. The molecule has 5 nitrogen and oxygen atoms in total. The quantitative estimate of drug-likeness (QED) is 0.549. The van der Waals surface area contributed by atoms with Gasteiger partial charge in [0.1, 0.15) is 5.75 Å². The van der Waals surface area contributed by atoms with E-state index in [9.17, 15) is 14.7 Å². The van der Waals surface area contributed by atoms with E-state index in [4.69, 9.17) is 5.11 Å². The predicted octanol–water partition coefficient (Wildman–Crippen LogP) is 4.13. The lowest BCUT2D eigenvalue weighted by Gasteiger charge is -2.25. The number of carboxylic acids is 1. The molecule has 0 saturated carbocycles. The highest BCUT2D eigenvalue weighted by molar-refractivity contribution is 5.78. The van der Waals surface area contributed by atoms with E-state index in [1.54, 1.807) is 6.07 Å². The van der Waals surface area contributed by atoms with E-state index in [1.807, 2.05) is 23.1 Å². The van der Waals surface area contributed by atoms with Gasteiger partial charge in [-0.3, -0.25) is 9.59 Å². The molecule has 0 radical (unpaired) electrons. The zero-order valence-corrected chi connectivity index (χ0v) is 15.5. The van der Waals surface area contributed by atoms with Gasteiger partial charge in [-0.25, -0.2) is 0 Å². The van der Waals surface area contributed by atoms with Crippen LogP contribution in [0.1, 0.15) is 69.8 Å². The normalized spacial score (nSPS) is 17.0. The molecule has 26 heavy (non-hydrogen) atoms. The third-order valence-electron chi connectivity index (χ3n) is 5.16. The molecule has 1 unspecified atom stereocenters. The first-order valence-corrected chi connectivity index (χ1v) is 9.85. The molecule has 0 aliphatic carbocycles. The lowest BCUT2D eigenvalue weighted by atomic mass is 10.0. The average Bonchev–Trinajstić information content (AvgIpc) is 2.95. The number of likely N-dealkylation sites (tertiary alicyclic amines) is 1. The number of carbonyl (C=O) groups is 2. The van der Waals surface area contributed by atoms with Crippen molar-refractivity contribution >= 4 is 11.9 Å². The maximum absolute atomic E-state index is 12.1. The van der Waals surface area contributed by atoms with Gasteiger partial charge in [0.25, 0.3) is 0 Å². The van der Waals surface area contributed by atoms with Crippen LogP contribution in [0, 0.1) is 0 Å². The third kappa shape index (κ3) is 7.06. The van der Waals surface area contributed by atoms with Crippen molar-refractivity contribution in [3.8, 4) is 5.75 Å². The minimum Gasteiger partial charge on any atom is -0.508 e. The van der Waals surface area contributed by atoms with Gasteiger partial charge < -0.3 is 15.1 Å². The highest BCUT2D eigenvalue weighted by atomic mass is 16.4. The molecular weight excluding hydrogens is 330 g/mol. The van der Waals surface area contributed by atoms with Crippen molar-refractivity contribution in [1.29, 1.82) is 0 Å². The Labute approximate surface area is 156 Å². The first-order valence-electron chi connectivity index (χ1n) is 9.85. The van der Waals surface area contributed by atoms with Crippen molar-refractivity contribution in [2.45, 2.75) is 76.7 Å². The lowest BCUT2D eigenvalue weighted by Crippen LogP contribution is -2.33. The second kappa shape index (κ2) is 10.8. The van der Waals surface area contributed by atoms with E-state index < -0.39 is 5.97 Å². The molecule has 5 heteroatoms. The van der Waals surface area contributed by atoms with Crippen molar-refractivity contribution < 1.29 is 19.8 Å². The highest BCUT2D eigenvalue weighted by Crippen LogP contribution is 2.24. The molecule has 0 spiro atoms. The summed E-state index contributed by atoms with van der Waals surface area (Å²) >= 11 is 0. The molecule has 144 valence electrons. The molecule has 1 aliphatic heterocycles. The van der Waals surface area contributed by atoms with Gasteiger partial charge in [0.05, 0.1) is 0 Å². The molecule has 1 atom stereocenters. The maximum atomic E-state index is 12.1. The summed E-state index contributed by atoms with van der Waals surface area (Å²) in [5.41, 5.74) is 1.16. The van der Waals surface area contributed by atoms with E-state index in [-0.39, 0.29) is 12.3 Å². The molecule has 1 aromatic carbocycles. The number of amides is 1. The first kappa shape index (κ1) is 20.3. The fourth-order valence-corrected chi connectivity index (χ4v) is 3.73. The smallest absolute Gasteiger partial charge is 0.303 e. The van der Waals surface area contributed by atoms with Crippen LogP contribution in [0.3, 0.4) is 0 Å². The number of carbonyl (C=O) groups excluding carboxylic acids is 1. The predicted molar refractivity (Wildman–Crippen MR) is 101 cm³/mol. The van der Waals surface area contributed by atoms with Gasteiger partial charge in [-0.2, -0.15) is 0 Å². The molecule has 1 aromatic rings. The Kier molecular flexibility index (Phi) is 8.45. The van der Waals surface area contributed by atoms with Gasteiger partial charge in [-0.1, -0.05) is 31.4 Å². The van der Waals surface area contributed by atoms with Crippen molar-refractivity contribution in [2.24, 2.45) is 0 Å². The zero-order chi connectivity index (χ0) is 18.8. The summed E-state index contributed by atoms with van der Waals surface area (Å²) < 4.78 is 0. The standard InChI is InChI=1S/C21H31NO4/c23-19-11-7-9-17(16-19)8-4-5-10-18-13-14-20(24)22(18)15-6-2-1-3-12-21(25)26/h7,9,11,16,18,23H,1-6,8,10,12-15H2,(H,25,26). The van der Waals surface area contributed by atoms with Crippen molar-refractivity contribution in [2.75, 3.05) is 6.54 Å². The summed E-state index contributed by atoms with van der Waals surface area (Å²) in [7, 11) is 0. The Morgan fingerprint density at radius 2 is 1.92 bits per heavy atom. The van der Waals surface area contributed by atoms with E-state index in [1.165, 1.54) is 0 Å². The SMILES string of the molecule is O=C(O)CCCCCCN1C(=O)CCC1CCCCc1cccc(O)c1. The Bertz CT molecular complexity index is 587. The van der Waals surface area contributed by atoms with Crippen molar-refractivity contribution in [1.82, 2.24) is 4.90 Å². The molecule has 1 heterocycles. The highest BCUT2D eigenvalue weighted by Gasteiger charge is 2.29. The number of hydrogen-bond donors (Lipinski definition) is 2. The largest absolute Gasteiger partial charge is 0.508 e. The molecule has 2 N–H and O–H groups in total. The minimum absolute atomic E-state index is 0.241. The number of carboxylic acid groups (broad SMARTS) is 1. The fourth-order valence-electron chi connectivity index (χ4n) is 3.73. The van der Waals surface area contributed by atoms with E-state index in [2.05, 4.69) is 0 Å². The Morgan fingerprint density at radius 1 is 1.12 bits per heavy atom. The monoisotopic (exact) mass is 361 g/mol. The van der Waals surface area contributed by atoms with Crippen LogP contribution < -0.4 is 0 Å².